The van der Waals surface area contributed by atoms with Crippen LogP contribution in [0.3, 0.4) is 0 Å². The number of hydrogen-bond donors (Lipinski definition) is 0. The summed E-state index contributed by atoms with van der Waals surface area (Å²) in [6, 6.07) is 4.49. The normalized spacial score (nSPS) is 12.6. The first kappa shape index (κ1) is 13.0. The molecule has 0 bridgehead atoms. The van der Waals surface area contributed by atoms with Crippen molar-refractivity contribution in [1.82, 2.24) is 0 Å². The van der Waals surface area contributed by atoms with Crippen LogP contribution in [0, 0.1) is 11.8 Å². The van der Waals surface area contributed by atoms with E-state index in [4.69, 9.17) is 9.47 Å². The fourth-order valence-electron chi connectivity index (χ4n) is 2.29. The lowest BCUT2D eigenvalue weighted by molar-refractivity contribution is 0.150. The summed E-state index contributed by atoms with van der Waals surface area (Å²) in [4.78, 5) is 0. The molecule has 96 valence electrons. The average molecular weight is 244 g/mol. The molecule has 1 aliphatic heterocycles. The Balaban J connectivity index is 2.13. The number of rotatable bonds is 5. The Morgan fingerprint density at radius 2 is 2.28 bits per heavy atom. The SMILES string of the molecule is CC#CCOCc1cc(CCC)cc2c1OCC2. The third-order valence-electron chi connectivity index (χ3n) is 3.07. The molecule has 1 aliphatic rings. The Morgan fingerprint density at radius 1 is 1.39 bits per heavy atom. The van der Waals surface area contributed by atoms with Gasteiger partial charge in [-0.1, -0.05) is 25.3 Å². The molecule has 2 rings (SSSR count). The topological polar surface area (TPSA) is 18.5 Å². The molecule has 0 fully saturated rings. The molecule has 0 N–H and O–H groups in total. The van der Waals surface area contributed by atoms with E-state index in [0.717, 1.165) is 25.2 Å². The molecule has 0 radical (unpaired) electrons. The third kappa shape index (κ3) is 3.05. The Labute approximate surface area is 109 Å². The van der Waals surface area contributed by atoms with Crippen molar-refractivity contribution < 1.29 is 9.47 Å². The summed E-state index contributed by atoms with van der Waals surface area (Å²) in [6.45, 7) is 5.91. The molecule has 1 heterocycles. The number of benzene rings is 1. The van der Waals surface area contributed by atoms with Crippen LogP contribution in [0.1, 0.15) is 37.0 Å². The maximum absolute atomic E-state index is 5.70. The number of aryl methyl sites for hydroxylation is 1. The maximum Gasteiger partial charge on any atom is 0.128 e. The zero-order valence-electron chi connectivity index (χ0n) is 11.2. The largest absolute Gasteiger partial charge is 0.493 e. The summed E-state index contributed by atoms with van der Waals surface area (Å²) in [5, 5.41) is 0. The van der Waals surface area contributed by atoms with Gasteiger partial charge in [0.05, 0.1) is 13.2 Å². The van der Waals surface area contributed by atoms with Crippen molar-refractivity contribution in [2.75, 3.05) is 13.2 Å². The highest BCUT2D eigenvalue weighted by Gasteiger charge is 2.17. The van der Waals surface area contributed by atoms with Gasteiger partial charge in [0.1, 0.15) is 12.4 Å². The molecular formula is C16H20O2. The van der Waals surface area contributed by atoms with Crippen LogP contribution in [-0.4, -0.2) is 13.2 Å². The van der Waals surface area contributed by atoms with Crippen LogP contribution >= 0.6 is 0 Å². The van der Waals surface area contributed by atoms with Gasteiger partial charge in [-0.05, 0) is 30.5 Å². The van der Waals surface area contributed by atoms with Crippen molar-refractivity contribution in [1.29, 1.82) is 0 Å². The molecule has 0 atom stereocenters. The molecular weight excluding hydrogens is 224 g/mol. The second-order valence-corrected chi connectivity index (χ2v) is 4.51. The van der Waals surface area contributed by atoms with Crippen molar-refractivity contribution in [3.63, 3.8) is 0 Å². The maximum atomic E-state index is 5.70. The highest BCUT2D eigenvalue weighted by atomic mass is 16.5. The van der Waals surface area contributed by atoms with E-state index in [-0.39, 0.29) is 0 Å². The highest BCUT2D eigenvalue weighted by molar-refractivity contribution is 5.46. The van der Waals surface area contributed by atoms with Gasteiger partial charge in [0.15, 0.2) is 0 Å². The fraction of sp³-hybridized carbons (Fsp3) is 0.500. The molecule has 2 nitrogen and oxygen atoms in total. The van der Waals surface area contributed by atoms with Gasteiger partial charge in [0, 0.05) is 12.0 Å². The molecule has 0 amide bonds. The van der Waals surface area contributed by atoms with Gasteiger partial charge < -0.3 is 9.47 Å². The summed E-state index contributed by atoms with van der Waals surface area (Å²) in [5.74, 6) is 6.79. The summed E-state index contributed by atoms with van der Waals surface area (Å²) in [7, 11) is 0. The number of ether oxygens (including phenoxy) is 2. The molecule has 1 aromatic rings. The molecule has 1 aromatic carbocycles. The monoisotopic (exact) mass is 244 g/mol. The van der Waals surface area contributed by atoms with Crippen LogP contribution in [0.2, 0.25) is 0 Å². The molecule has 0 aromatic heterocycles. The first-order chi connectivity index (χ1) is 8.85. The van der Waals surface area contributed by atoms with Crippen LogP contribution in [-0.2, 0) is 24.2 Å². The highest BCUT2D eigenvalue weighted by Crippen LogP contribution is 2.32. The first-order valence-electron chi connectivity index (χ1n) is 6.60. The number of hydrogen-bond acceptors (Lipinski definition) is 2. The van der Waals surface area contributed by atoms with Crippen LogP contribution in [0.15, 0.2) is 12.1 Å². The summed E-state index contributed by atoms with van der Waals surface area (Å²) >= 11 is 0. The molecule has 0 aliphatic carbocycles. The lowest BCUT2D eigenvalue weighted by atomic mass is 10.0. The fourth-order valence-corrected chi connectivity index (χ4v) is 2.29. The second-order valence-electron chi connectivity index (χ2n) is 4.51. The van der Waals surface area contributed by atoms with E-state index in [9.17, 15) is 0 Å². The van der Waals surface area contributed by atoms with E-state index in [1.54, 1.807) is 0 Å². The van der Waals surface area contributed by atoms with Crippen LogP contribution < -0.4 is 4.74 Å². The molecule has 2 heteroatoms. The lowest BCUT2D eigenvalue weighted by Crippen LogP contribution is -1.98. The van der Waals surface area contributed by atoms with Crippen molar-refractivity contribution in [3.05, 3.63) is 28.8 Å². The molecule has 0 saturated carbocycles. The Morgan fingerprint density at radius 3 is 3.06 bits per heavy atom. The van der Waals surface area contributed by atoms with Gasteiger partial charge in [-0.2, -0.15) is 0 Å². The Kier molecular flexibility index (Phi) is 4.66. The van der Waals surface area contributed by atoms with E-state index < -0.39 is 0 Å². The van der Waals surface area contributed by atoms with Crippen LogP contribution in [0.4, 0.5) is 0 Å². The van der Waals surface area contributed by atoms with Crippen molar-refractivity contribution in [2.24, 2.45) is 0 Å². The van der Waals surface area contributed by atoms with E-state index in [0.29, 0.717) is 13.2 Å². The quantitative estimate of drug-likeness (QED) is 0.585. The van der Waals surface area contributed by atoms with E-state index >= 15 is 0 Å². The predicted molar refractivity (Wildman–Crippen MR) is 72.7 cm³/mol. The molecule has 0 saturated heterocycles. The van der Waals surface area contributed by atoms with Gasteiger partial charge in [-0.3, -0.25) is 0 Å². The number of fused-ring (bicyclic) bond motifs is 1. The summed E-state index contributed by atoms with van der Waals surface area (Å²) in [5.41, 5.74) is 3.90. The standard InChI is InChI=1S/C16H20O2/c1-3-5-8-17-12-15-11-13(6-4-2)10-14-7-9-18-16(14)15/h10-11H,4,6-9,12H2,1-2H3. The van der Waals surface area contributed by atoms with Crippen molar-refractivity contribution >= 4 is 0 Å². The van der Waals surface area contributed by atoms with Gasteiger partial charge in [0.25, 0.3) is 0 Å². The van der Waals surface area contributed by atoms with Gasteiger partial charge in [0.2, 0.25) is 0 Å². The Bertz CT molecular complexity index is 466. The van der Waals surface area contributed by atoms with Gasteiger partial charge >= 0.3 is 0 Å². The zero-order chi connectivity index (χ0) is 12.8. The van der Waals surface area contributed by atoms with Crippen LogP contribution in [0.25, 0.3) is 0 Å². The van der Waals surface area contributed by atoms with E-state index in [2.05, 4.69) is 30.9 Å². The third-order valence-corrected chi connectivity index (χ3v) is 3.07. The smallest absolute Gasteiger partial charge is 0.128 e. The van der Waals surface area contributed by atoms with Crippen LogP contribution in [0.5, 0.6) is 5.75 Å². The van der Waals surface area contributed by atoms with Gasteiger partial charge in [-0.25, -0.2) is 0 Å². The average Bonchev–Trinajstić information content (AvgIpc) is 2.83. The minimum Gasteiger partial charge on any atom is -0.493 e. The zero-order valence-corrected chi connectivity index (χ0v) is 11.2. The first-order valence-corrected chi connectivity index (χ1v) is 6.60. The van der Waals surface area contributed by atoms with Crippen molar-refractivity contribution in [2.45, 2.75) is 39.7 Å². The van der Waals surface area contributed by atoms with E-state index in [1.165, 1.54) is 23.1 Å². The Hall–Kier alpha value is -1.46. The van der Waals surface area contributed by atoms with Crippen molar-refractivity contribution in [3.8, 4) is 17.6 Å². The molecule has 0 unspecified atom stereocenters. The lowest BCUT2D eigenvalue weighted by Gasteiger charge is -2.10. The summed E-state index contributed by atoms with van der Waals surface area (Å²) < 4.78 is 11.3. The van der Waals surface area contributed by atoms with E-state index in [1.807, 2.05) is 6.92 Å². The summed E-state index contributed by atoms with van der Waals surface area (Å²) in [6.07, 6.45) is 3.31. The second kappa shape index (κ2) is 6.47. The predicted octanol–water partition coefficient (Wildman–Crippen LogP) is 3.11. The molecule has 18 heavy (non-hydrogen) atoms. The minimum atomic E-state index is 0.489. The minimum absolute atomic E-state index is 0.489. The van der Waals surface area contributed by atoms with Gasteiger partial charge in [-0.15, -0.1) is 5.92 Å². The molecule has 0 spiro atoms.